The molecule has 1 aliphatic heterocycles. The molecule has 0 saturated carbocycles. The molecule has 0 bridgehead atoms. The van der Waals surface area contributed by atoms with Crippen LogP contribution in [0.15, 0.2) is 48.7 Å². The Balaban J connectivity index is 1.57. The van der Waals surface area contributed by atoms with E-state index in [0.29, 0.717) is 44.7 Å². The summed E-state index contributed by atoms with van der Waals surface area (Å²) in [5.41, 5.74) is 1.64. The molecule has 1 N–H and O–H groups in total. The summed E-state index contributed by atoms with van der Waals surface area (Å²) in [6.07, 6.45) is 2.79. The average Bonchev–Trinajstić information content (AvgIpc) is 3.17. The quantitative estimate of drug-likeness (QED) is 0.867. The highest BCUT2D eigenvalue weighted by atomic mass is 16.2. The summed E-state index contributed by atoms with van der Waals surface area (Å²) in [7, 11) is 1.85. The number of amides is 3. The van der Waals surface area contributed by atoms with Crippen molar-refractivity contribution in [3.63, 3.8) is 0 Å². The number of nitrogens with one attached hydrogen (secondary N) is 1. The van der Waals surface area contributed by atoms with Gasteiger partial charge >= 0.3 is 6.03 Å². The molecule has 0 radical (unpaired) electrons. The molecule has 28 heavy (non-hydrogen) atoms. The number of nitriles is 1. The molecular formula is C21H25N5O2. The second-order valence-corrected chi connectivity index (χ2v) is 6.89. The van der Waals surface area contributed by atoms with E-state index in [1.165, 1.54) is 0 Å². The molecule has 1 unspecified atom stereocenters. The van der Waals surface area contributed by atoms with E-state index in [4.69, 9.17) is 5.26 Å². The SMILES string of the molecule is Cn1cccc1C(=O)N1CCN(C(=O)NC(CCC#N)c2ccccc2)CC1. The van der Waals surface area contributed by atoms with Gasteiger partial charge in [0.2, 0.25) is 0 Å². The van der Waals surface area contributed by atoms with E-state index in [-0.39, 0.29) is 18.0 Å². The van der Waals surface area contributed by atoms with Crippen LogP contribution >= 0.6 is 0 Å². The Bertz CT molecular complexity index is 847. The highest BCUT2D eigenvalue weighted by molar-refractivity contribution is 5.93. The number of piperazine rings is 1. The van der Waals surface area contributed by atoms with Gasteiger partial charge in [-0.05, 0) is 24.1 Å². The summed E-state index contributed by atoms with van der Waals surface area (Å²) in [5.74, 6) is -0.0104. The Hall–Kier alpha value is -3.27. The molecule has 1 atom stereocenters. The van der Waals surface area contributed by atoms with Crippen molar-refractivity contribution in [1.82, 2.24) is 19.7 Å². The van der Waals surface area contributed by atoms with Gasteiger partial charge in [0.05, 0.1) is 12.1 Å². The van der Waals surface area contributed by atoms with Gasteiger partial charge < -0.3 is 19.7 Å². The lowest BCUT2D eigenvalue weighted by Gasteiger charge is -2.35. The van der Waals surface area contributed by atoms with E-state index in [0.717, 1.165) is 5.56 Å². The summed E-state index contributed by atoms with van der Waals surface area (Å²) in [4.78, 5) is 28.8. The molecule has 3 amide bonds. The maximum absolute atomic E-state index is 12.7. The number of aryl methyl sites for hydroxylation is 1. The van der Waals surface area contributed by atoms with Gasteiger partial charge in [-0.3, -0.25) is 4.79 Å². The first kappa shape index (κ1) is 19.5. The van der Waals surface area contributed by atoms with Gasteiger partial charge in [-0.15, -0.1) is 0 Å². The van der Waals surface area contributed by atoms with Gasteiger partial charge in [-0.1, -0.05) is 30.3 Å². The number of benzene rings is 1. The van der Waals surface area contributed by atoms with E-state index < -0.39 is 0 Å². The Labute approximate surface area is 165 Å². The van der Waals surface area contributed by atoms with Gasteiger partial charge in [-0.2, -0.15) is 5.26 Å². The molecule has 7 nitrogen and oxygen atoms in total. The third-order valence-corrected chi connectivity index (χ3v) is 5.06. The third-order valence-electron chi connectivity index (χ3n) is 5.06. The monoisotopic (exact) mass is 379 g/mol. The molecule has 2 heterocycles. The largest absolute Gasteiger partial charge is 0.347 e. The number of hydrogen-bond acceptors (Lipinski definition) is 3. The number of rotatable bonds is 5. The Morgan fingerprint density at radius 2 is 1.75 bits per heavy atom. The minimum atomic E-state index is -0.198. The molecule has 2 aromatic rings. The topological polar surface area (TPSA) is 81.4 Å². The highest BCUT2D eigenvalue weighted by Gasteiger charge is 2.27. The molecule has 7 heteroatoms. The fourth-order valence-electron chi connectivity index (χ4n) is 3.41. The minimum Gasteiger partial charge on any atom is -0.347 e. The fraction of sp³-hybridized carbons (Fsp3) is 0.381. The standard InChI is InChI=1S/C21H25N5O2/c1-24-12-6-10-19(24)20(27)25-13-15-26(16-14-25)21(28)23-18(9-5-11-22)17-7-3-2-4-8-17/h2-4,6-8,10,12,18H,5,9,13-16H2,1H3,(H,23,28). The molecule has 1 fully saturated rings. The zero-order valence-electron chi connectivity index (χ0n) is 16.0. The van der Waals surface area contributed by atoms with Crippen molar-refractivity contribution in [1.29, 1.82) is 5.26 Å². The van der Waals surface area contributed by atoms with E-state index in [9.17, 15) is 9.59 Å². The van der Waals surface area contributed by atoms with Crippen molar-refractivity contribution in [2.45, 2.75) is 18.9 Å². The predicted octanol–water partition coefficient (Wildman–Crippen LogP) is 2.54. The smallest absolute Gasteiger partial charge is 0.318 e. The molecular weight excluding hydrogens is 354 g/mol. The molecule has 0 aliphatic carbocycles. The van der Waals surface area contributed by atoms with Crippen LogP contribution in [0.4, 0.5) is 4.79 Å². The van der Waals surface area contributed by atoms with E-state index >= 15 is 0 Å². The van der Waals surface area contributed by atoms with Gasteiger partial charge in [-0.25, -0.2) is 4.79 Å². The molecule has 3 rings (SSSR count). The zero-order valence-corrected chi connectivity index (χ0v) is 16.0. The van der Waals surface area contributed by atoms with E-state index in [2.05, 4.69) is 11.4 Å². The predicted molar refractivity (Wildman–Crippen MR) is 105 cm³/mol. The van der Waals surface area contributed by atoms with Crippen molar-refractivity contribution in [3.8, 4) is 6.07 Å². The van der Waals surface area contributed by atoms with Crippen molar-refractivity contribution in [3.05, 3.63) is 59.9 Å². The second kappa shape index (κ2) is 9.09. The third kappa shape index (κ3) is 4.52. The number of nitrogens with zero attached hydrogens (tertiary/aromatic N) is 4. The van der Waals surface area contributed by atoms with Crippen LogP contribution in [0.5, 0.6) is 0 Å². The van der Waals surface area contributed by atoms with Crippen molar-refractivity contribution < 1.29 is 9.59 Å². The lowest BCUT2D eigenvalue weighted by molar-refractivity contribution is 0.0654. The normalized spacial score (nSPS) is 15.0. The van der Waals surface area contributed by atoms with Crippen LogP contribution in [0.1, 0.15) is 34.9 Å². The van der Waals surface area contributed by atoms with Gasteiger partial charge in [0.1, 0.15) is 5.69 Å². The van der Waals surface area contributed by atoms with Gasteiger partial charge in [0.15, 0.2) is 0 Å². The maximum atomic E-state index is 12.7. The number of hydrogen-bond donors (Lipinski definition) is 1. The van der Waals surface area contributed by atoms with Crippen LogP contribution in [0.25, 0.3) is 0 Å². The van der Waals surface area contributed by atoms with Crippen LogP contribution in [0.2, 0.25) is 0 Å². The number of aromatic nitrogens is 1. The van der Waals surface area contributed by atoms with Crippen molar-refractivity contribution in [2.24, 2.45) is 7.05 Å². The lowest BCUT2D eigenvalue weighted by atomic mass is 10.0. The number of carbonyl (C=O) groups excluding carboxylic acids is 2. The Kier molecular flexibility index (Phi) is 6.33. The summed E-state index contributed by atoms with van der Waals surface area (Å²) < 4.78 is 1.81. The molecule has 1 aromatic carbocycles. The first-order valence-electron chi connectivity index (χ1n) is 9.48. The minimum absolute atomic E-state index is 0.0104. The van der Waals surface area contributed by atoms with E-state index in [1.54, 1.807) is 20.4 Å². The van der Waals surface area contributed by atoms with Crippen LogP contribution in [0, 0.1) is 11.3 Å². The van der Waals surface area contributed by atoms with Crippen LogP contribution in [-0.2, 0) is 7.05 Å². The zero-order chi connectivity index (χ0) is 19.9. The van der Waals surface area contributed by atoms with Crippen molar-refractivity contribution in [2.75, 3.05) is 26.2 Å². The van der Waals surface area contributed by atoms with Crippen LogP contribution in [-0.4, -0.2) is 52.5 Å². The summed E-state index contributed by atoms with van der Waals surface area (Å²) >= 11 is 0. The van der Waals surface area contributed by atoms with Crippen molar-refractivity contribution >= 4 is 11.9 Å². The Morgan fingerprint density at radius 3 is 2.36 bits per heavy atom. The van der Waals surface area contributed by atoms with E-state index in [1.807, 2.05) is 49.6 Å². The first-order valence-corrected chi connectivity index (χ1v) is 9.48. The summed E-state index contributed by atoms with van der Waals surface area (Å²) in [5, 5.41) is 12.0. The first-order chi connectivity index (χ1) is 13.6. The molecule has 0 spiro atoms. The molecule has 1 aliphatic rings. The number of carbonyl (C=O) groups is 2. The Morgan fingerprint density at radius 1 is 1.07 bits per heavy atom. The van der Waals surface area contributed by atoms with Gasteiger partial charge in [0, 0.05) is 45.8 Å². The highest BCUT2D eigenvalue weighted by Crippen LogP contribution is 2.19. The second-order valence-electron chi connectivity index (χ2n) is 6.89. The summed E-state index contributed by atoms with van der Waals surface area (Å²) in [6.45, 7) is 1.99. The maximum Gasteiger partial charge on any atom is 0.318 e. The molecule has 1 saturated heterocycles. The lowest BCUT2D eigenvalue weighted by Crippen LogP contribution is -2.53. The summed E-state index contributed by atoms with van der Waals surface area (Å²) in [6, 6.07) is 15.1. The fourth-order valence-corrected chi connectivity index (χ4v) is 3.41. The van der Waals surface area contributed by atoms with Crippen LogP contribution < -0.4 is 5.32 Å². The molecule has 146 valence electrons. The average molecular weight is 379 g/mol. The van der Waals surface area contributed by atoms with Crippen LogP contribution in [0.3, 0.4) is 0 Å². The van der Waals surface area contributed by atoms with Gasteiger partial charge in [0.25, 0.3) is 5.91 Å². The molecule has 1 aromatic heterocycles. The number of urea groups is 1.